The van der Waals surface area contributed by atoms with Crippen molar-refractivity contribution < 1.29 is 4.74 Å². The second-order valence-corrected chi connectivity index (χ2v) is 9.86. The predicted octanol–water partition coefficient (Wildman–Crippen LogP) is 4.11. The first kappa shape index (κ1) is 26.1. The van der Waals surface area contributed by atoms with Crippen molar-refractivity contribution in [2.24, 2.45) is 10.3 Å². The zero-order chi connectivity index (χ0) is 27.9. The van der Waals surface area contributed by atoms with E-state index < -0.39 is 11.6 Å². The zero-order valence-corrected chi connectivity index (χ0v) is 22.4. The number of hydrogen-bond donors (Lipinski definition) is 0. The summed E-state index contributed by atoms with van der Waals surface area (Å²) in [5.41, 5.74) is 3.15. The highest BCUT2D eigenvalue weighted by Gasteiger charge is 2.51. The molecule has 0 N–H and O–H groups in total. The van der Waals surface area contributed by atoms with E-state index in [2.05, 4.69) is 49.0 Å². The molecular formula is C31H29N9O. The summed E-state index contributed by atoms with van der Waals surface area (Å²) in [6, 6.07) is 29.8. The van der Waals surface area contributed by atoms with E-state index in [1.165, 1.54) is 0 Å². The maximum atomic E-state index is 6.51. The van der Waals surface area contributed by atoms with Crippen LogP contribution in [0, 0.1) is 12.3 Å². The Morgan fingerprint density at radius 1 is 0.732 bits per heavy atom. The van der Waals surface area contributed by atoms with Gasteiger partial charge in [0, 0.05) is 0 Å². The molecule has 10 nitrogen and oxygen atoms in total. The highest BCUT2D eigenvalue weighted by atomic mass is 16.5. The van der Waals surface area contributed by atoms with Crippen LogP contribution in [0.5, 0.6) is 0 Å². The third kappa shape index (κ3) is 5.76. The van der Waals surface area contributed by atoms with E-state index in [0.717, 1.165) is 16.7 Å². The summed E-state index contributed by atoms with van der Waals surface area (Å²) >= 11 is 0. The molecule has 0 bridgehead atoms. The minimum atomic E-state index is -1.26. The predicted molar refractivity (Wildman–Crippen MR) is 152 cm³/mol. The van der Waals surface area contributed by atoms with Gasteiger partial charge >= 0.3 is 0 Å². The summed E-state index contributed by atoms with van der Waals surface area (Å²) < 4.78 is 10.1. The Balaban J connectivity index is 1.37. The van der Waals surface area contributed by atoms with Crippen LogP contribution in [0.1, 0.15) is 28.1 Å². The van der Waals surface area contributed by atoms with Crippen LogP contribution in [0.25, 0.3) is 0 Å². The molecule has 204 valence electrons. The Kier molecular flexibility index (Phi) is 7.60. The van der Waals surface area contributed by atoms with Gasteiger partial charge in [0.2, 0.25) is 0 Å². The molecule has 0 saturated carbocycles. The largest absolute Gasteiger partial charge is 0.347 e. The molecule has 2 aromatic heterocycles. The summed E-state index contributed by atoms with van der Waals surface area (Å²) in [6.07, 6.45) is 9.45. The van der Waals surface area contributed by atoms with E-state index in [-0.39, 0.29) is 6.61 Å². The van der Waals surface area contributed by atoms with E-state index in [1.54, 1.807) is 9.36 Å². The first-order chi connectivity index (χ1) is 20.2. The lowest BCUT2D eigenvalue weighted by Crippen LogP contribution is -2.46. The fourth-order valence-electron chi connectivity index (χ4n) is 5.01. The lowest BCUT2D eigenvalue weighted by atomic mass is 9.87. The molecule has 3 heterocycles. The molecule has 0 saturated heterocycles. The summed E-state index contributed by atoms with van der Waals surface area (Å²) in [6.45, 7) is 2.18. The number of rotatable bonds is 11. The molecule has 41 heavy (non-hydrogen) atoms. The number of benzene rings is 3. The monoisotopic (exact) mass is 543 g/mol. The lowest BCUT2D eigenvalue weighted by Gasteiger charge is -2.32. The second kappa shape index (κ2) is 11.9. The highest BCUT2D eigenvalue weighted by molar-refractivity contribution is 5.29. The number of terminal acetylenes is 1. The van der Waals surface area contributed by atoms with Crippen molar-refractivity contribution in [3.05, 3.63) is 131 Å². The first-order valence-electron chi connectivity index (χ1n) is 13.4. The molecule has 0 aliphatic carbocycles. The normalized spacial score (nSPS) is 14.8. The average Bonchev–Trinajstić information content (AvgIpc) is 3.79. The van der Waals surface area contributed by atoms with Crippen molar-refractivity contribution in [3.63, 3.8) is 0 Å². The van der Waals surface area contributed by atoms with Gasteiger partial charge in [0.1, 0.15) is 24.0 Å². The van der Waals surface area contributed by atoms with E-state index in [9.17, 15) is 0 Å². The van der Waals surface area contributed by atoms with Crippen molar-refractivity contribution in [2.45, 2.75) is 31.3 Å². The molecule has 1 aliphatic rings. The fourth-order valence-corrected chi connectivity index (χ4v) is 5.01. The van der Waals surface area contributed by atoms with Gasteiger partial charge in [-0.2, -0.15) is 5.11 Å². The average molecular weight is 544 g/mol. The molecule has 1 aliphatic heterocycles. The topological polar surface area (TPSA) is 98.6 Å². The van der Waals surface area contributed by atoms with Crippen LogP contribution in [0.4, 0.5) is 0 Å². The molecule has 6 rings (SSSR count). The van der Waals surface area contributed by atoms with Crippen molar-refractivity contribution in [1.29, 1.82) is 0 Å². The molecule has 5 aromatic rings. The molecule has 10 heteroatoms. The fraction of sp³-hybridized carbons (Fsp3) is 0.226. The van der Waals surface area contributed by atoms with Crippen LogP contribution in [-0.4, -0.2) is 54.2 Å². The zero-order valence-electron chi connectivity index (χ0n) is 22.4. The van der Waals surface area contributed by atoms with Gasteiger partial charge in [-0.25, -0.2) is 9.36 Å². The smallest absolute Gasteiger partial charge is 0.186 e. The lowest BCUT2D eigenvalue weighted by molar-refractivity contribution is -0.0262. The maximum Gasteiger partial charge on any atom is 0.186 e. The first-order valence-corrected chi connectivity index (χ1v) is 13.4. The van der Waals surface area contributed by atoms with E-state index in [1.807, 2.05) is 96.3 Å². The molecular weight excluding hydrogens is 514 g/mol. The summed E-state index contributed by atoms with van der Waals surface area (Å²) in [5.74, 6) is 2.61. The Bertz CT molecular complexity index is 1540. The minimum Gasteiger partial charge on any atom is -0.347 e. The SMILES string of the molecule is C#CCOC(c1cn(Cc2ccccc2)nn1)(c1cn(Cc2ccccc2)nn1)C1CN(Cc2ccccc2)N=N1. The van der Waals surface area contributed by atoms with Gasteiger partial charge in [-0.15, -0.1) is 16.6 Å². The van der Waals surface area contributed by atoms with Crippen molar-refractivity contribution >= 4 is 0 Å². The summed E-state index contributed by atoms with van der Waals surface area (Å²) in [4.78, 5) is 0. The third-order valence-electron chi connectivity index (χ3n) is 6.97. The number of hydrogen-bond acceptors (Lipinski definition) is 8. The minimum absolute atomic E-state index is 0.0157. The standard InChI is InChI=1S/C31H29N9O/c1-2-18-41-31(28-22-38(35-32-28)19-25-12-6-3-7-13-25,29-23-39(36-33-29)20-26-14-8-4-9-15-26)30-24-40(37-34-30)21-27-16-10-5-11-17-27/h1,3-17,22-23,30H,18-21,24H2. The van der Waals surface area contributed by atoms with E-state index in [0.29, 0.717) is 37.6 Å². The van der Waals surface area contributed by atoms with E-state index >= 15 is 0 Å². The molecule has 0 amide bonds. The van der Waals surface area contributed by atoms with Crippen LogP contribution in [0.15, 0.2) is 114 Å². The van der Waals surface area contributed by atoms with Gasteiger partial charge < -0.3 is 4.74 Å². The van der Waals surface area contributed by atoms with Crippen molar-refractivity contribution in [1.82, 2.24) is 35.0 Å². The van der Waals surface area contributed by atoms with E-state index in [4.69, 9.17) is 11.2 Å². The quantitative estimate of drug-likeness (QED) is 0.233. The molecule has 1 unspecified atom stereocenters. The Morgan fingerprint density at radius 2 is 1.22 bits per heavy atom. The number of nitrogens with zero attached hydrogens (tertiary/aromatic N) is 9. The van der Waals surface area contributed by atoms with Gasteiger partial charge in [-0.1, -0.05) is 113 Å². The second-order valence-electron chi connectivity index (χ2n) is 9.86. The Labute approximate surface area is 238 Å². The van der Waals surface area contributed by atoms with Crippen LogP contribution in [0.3, 0.4) is 0 Å². The van der Waals surface area contributed by atoms with Crippen LogP contribution in [0.2, 0.25) is 0 Å². The summed E-state index contributed by atoms with van der Waals surface area (Å²) in [7, 11) is 0. The number of aromatic nitrogens is 6. The van der Waals surface area contributed by atoms with Gasteiger partial charge in [-0.05, 0) is 16.7 Å². The molecule has 0 fully saturated rings. The van der Waals surface area contributed by atoms with Crippen molar-refractivity contribution in [2.75, 3.05) is 13.2 Å². The summed E-state index contributed by atoms with van der Waals surface area (Å²) in [5, 5.41) is 29.1. The molecule has 1 atom stereocenters. The van der Waals surface area contributed by atoms with Gasteiger partial charge in [0.25, 0.3) is 0 Å². The van der Waals surface area contributed by atoms with Gasteiger partial charge in [-0.3, -0.25) is 5.01 Å². The molecule has 0 spiro atoms. The van der Waals surface area contributed by atoms with Crippen molar-refractivity contribution in [3.8, 4) is 12.3 Å². The Hall–Kier alpha value is -5.14. The van der Waals surface area contributed by atoms with Gasteiger partial charge in [0.15, 0.2) is 5.60 Å². The van der Waals surface area contributed by atoms with Crippen LogP contribution >= 0.6 is 0 Å². The van der Waals surface area contributed by atoms with Crippen LogP contribution < -0.4 is 0 Å². The maximum absolute atomic E-state index is 6.51. The highest BCUT2D eigenvalue weighted by Crippen LogP contribution is 2.39. The third-order valence-corrected chi connectivity index (χ3v) is 6.97. The molecule has 3 aromatic carbocycles. The Morgan fingerprint density at radius 3 is 1.71 bits per heavy atom. The van der Waals surface area contributed by atoms with Crippen LogP contribution in [-0.2, 0) is 30.0 Å². The molecule has 0 radical (unpaired) electrons. The number of ether oxygens (including phenoxy) is 1. The van der Waals surface area contributed by atoms with Gasteiger partial charge in [0.05, 0.1) is 38.6 Å².